The quantitative estimate of drug-likeness (QED) is 0.947. The highest BCUT2D eigenvalue weighted by molar-refractivity contribution is 9.10. The number of carbonyl (C=O) groups excluding carboxylic acids is 1. The lowest BCUT2D eigenvalue weighted by atomic mass is 10.1. The molecular formula is C14H10BrN3O. The molecule has 0 aliphatic carbocycles. The van der Waals surface area contributed by atoms with Crippen LogP contribution in [0.2, 0.25) is 0 Å². The molecule has 0 unspecified atom stereocenters. The summed E-state index contributed by atoms with van der Waals surface area (Å²) in [7, 11) is 0. The molecule has 1 heterocycles. The van der Waals surface area contributed by atoms with Gasteiger partial charge in [0.2, 0.25) is 5.91 Å². The molecule has 5 heteroatoms. The van der Waals surface area contributed by atoms with Crippen molar-refractivity contribution < 1.29 is 4.79 Å². The molecule has 0 bridgehead atoms. The number of carbonyl (C=O) groups is 1. The Labute approximate surface area is 119 Å². The zero-order chi connectivity index (χ0) is 13.7. The van der Waals surface area contributed by atoms with Crippen LogP contribution in [-0.2, 0) is 11.2 Å². The molecule has 94 valence electrons. The summed E-state index contributed by atoms with van der Waals surface area (Å²) in [6, 6.07) is 12.6. The molecule has 0 radical (unpaired) electrons. The Bertz CT molecular complexity index is 632. The van der Waals surface area contributed by atoms with E-state index in [1.165, 1.54) is 0 Å². The number of hydrogen-bond acceptors (Lipinski definition) is 3. The summed E-state index contributed by atoms with van der Waals surface area (Å²) in [5, 5.41) is 11.4. The summed E-state index contributed by atoms with van der Waals surface area (Å²) in [5.74, 6) is 0.352. The average molecular weight is 316 g/mol. The molecule has 1 aromatic carbocycles. The van der Waals surface area contributed by atoms with Gasteiger partial charge in [0.25, 0.3) is 0 Å². The van der Waals surface area contributed by atoms with E-state index in [-0.39, 0.29) is 12.3 Å². The van der Waals surface area contributed by atoms with Gasteiger partial charge < -0.3 is 5.32 Å². The Hall–Kier alpha value is -2.19. The molecule has 0 aliphatic rings. The van der Waals surface area contributed by atoms with E-state index in [9.17, 15) is 4.79 Å². The standard InChI is InChI=1S/C14H10BrN3O/c15-12-2-1-7-17-14(12)18-13(19)8-10-3-5-11(9-16)6-4-10/h1-7H,8H2,(H,17,18,19). The van der Waals surface area contributed by atoms with Crippen LogP contribution in [0.4, 0.5) is 5.82 Å². The third-order valence-corrected chi connectivity index (χ3v) is 3.10. The van der Waals surface area contributed by atoms with Gasteiger partial charge in [0.05, 0.1) is 22.5 Å². The van der Waals surface area contributed by atoms with Crippen molar-refractivity contribution in [1.82, 2.24) is 4.98 Å². The Morgan fingerprint density at radius 3 is 2.68 bits per heavy atom. The van der Waals surface area contributed by atoms with Crippen LogP contribution in [0, 0.1) is 11.3 Å². The lowest BCUT2D eigenvalue weighted by molar-refractivity contribution is -0.115. The molecule has 2 aromatic rings. The summed E-state index contributed by atoms with van der Waals surface area (Å²) in [5.41, 5.74) is 1.43. The van der Waals surface area contributed by atoms with Crippen molar-refractivity contribution in [2.45, 2.75) is 6.42 Å². The van der Waals surface area contributed by atoms with Crippen LogP contribution in [0.5, 0.6) is 0 Å². The fourth-order valence-electron chi connectivity index (χ4n) is 1.54. The van der Waals surface area contributed by atoms with Gasteiger partial charge in [0.1, 0.15) is 5.82 Å². The van der Waals surface area contributed by atoms with Gasteiger partial charge in [0.15, 0.2) is 0 Å². The first-order chi connectivity index (χ1) is 9.19. The molecule has 1 aromatic heterocycles. The van der Waals surface area contributed by atoms with Crippen molar-refractivity contribution in [3.8, 4) is 6.07 Å². The maximum absolute atomic E-state index is 11.9. The summed E-state index contributed by atoms with van der Waals surface area (Å²) >= 11 is 3.32. The van der Waals surface area contributed by atoms with Gasteiger partial charge >= 0.3 is 0 Å². The maximum atomic E-state index is 11.9. The van der Waals surface area contributed by atoms with Gasteiger partial charge in [-0.25, -0.2) is 4.98 Å². The van der Waals surface area contributed by atoms with E-state index in [4.69, 9.17) is 5.26 Å². The topological polar surface area (TPSA) is 65.8 Å². The van der Waals surface area contributed by atoms with Crippen molar-refractivity contribution in [3.05, 3.63) is 58.2 Å². The number of amides is 1. The smallest absolute Gasteiger partial charge is 0.229 e. The molecule has 0 aliphatic heterocycles. The fraction of sp³-hybridized carbons (Fsp3) is 0.0714. The number of nitrogens with zero attached hydrogens (tertiary/aromatic N) is 2. The predicted octanol–water partition coefficient (Wildman–Crippen LogP) is 2.90. The summed E-state index contributed by atoms with van der Waals surface area (Å²) in [6.07, 6.45) is 1.86. The number of hydrogen-bond donors (Lipinski definition) is 1. The molecule has 0 saturated carbocycles. The fourth-order valence-corrected chi connectivity index (χ4v) is 1.89. The summed E-state index contributed by atoms with van der Waals surface area (Å²) < 4.78 is 0.739. The van der Waals surface area contributed by atoms with Gasteiger partial charge in [-0.3, -0.25) is 4.79 Å². The van der Waals surface area contributed by atoms with Crippen molar-refractivity contribution in [1.29, 1.82) is 5.26 Å². The van der Waals surface area contributed by atoms with Crippen molar-refractivity contribution in [3.63, 3.8) is 0 Å². The number of pyridine rings is 1. The van der Waals surface area contributed by atoms with Crippen LogP contribution in [-0.4, -0.2) is 10.9 Å². The average Bonchev–Trinajstić information content (AvgIpc) is 2.42. The third kappa shape index (κ3) is 3.63. The number of rotatable bonds is 3. The Kier molecular flexibility index (Phi) is 4.26. The molecule has 0 fully saturated rings. The molecule has 1 N–H and O–H groups in total. The van der Waals surface area contributed by atoms with Gasteiger partial charge in [-0.05, 0) is 45.8 Å². The molecule has 1 amide bonds. The minimum absolute atomic E-state index is 0.149. The van der Waals surface area contributed by atoms with Crippen LogP contribution in [0.15, 0.2) is 47.1 Å². The minimum atomic E-state index is -0.149. The first-order valence-corrected chi connectivity index (χ1v) is 6.38. The van der Waals surface area contributed by atoms with Gasteiger partial charge in [-0.1, -0.05) is 12.1 Å². The Balaban J connectivity index is 2.01. The van der Waals surface area contributed by atoms with Crippen LogP contribution < -0.4 is 5.32 Å². The van der Waals surface area contributed by atoms with E-state index in [2.05, 4.69) is 26.2 Å². The van der Waals surface area contributed by atoms with E-state index in [1.54, 1.807) is 36.5 Å². The molecule has 4 nitrogen and oxygen atoms in total. The Morgan fingerprint density at radius 2 is 2.05 bits per heavy atom. The number of halogens is 1. The predicted molar refractivity (Wildman–Crippen MR) is 75.4 cm³/mol. The molecular weight excluding hydrogens is 306 g/mol. The van der Waals surface area contributed by atoms with Crippen molar-refractivity contribution in [2.75, 3.05) is 5.32 Å². The zero-order valence-corrected chi connectivity index (χ0v) is 11.5. The minimum Gasteiger partial charge on any atom is -0.309 e. The van der Waals surface area contributed by atoms with Crippen molar-refractivity contribution in [2.24, 2.45) is 0 Å². The monoisotopic (exact) mass is 315 g/mol. The molecule has 0 atom stereocenters. The number of benzene rings is 1. The third-order valence-electron chi connectivity index (χ3n) is 2.46. The molecule has 19 heavy (non-hydrogen) atoms. The molecule has 0 spiro atoms. The van der Waals surface area contributed by atoms with Gasteiger partial charge in [-0.15, -0.1) is 0 Å². The van der Waals surface area contributed by atoms with E-state index in [1.807, 2.05) is 12.1 Å². The van der Waals surface area contributed by atoms with Crippen LogP contribution in [0.1, 0.15) is 11.1 Å². The second-order valence-electron chi connectivity index (χ2n) is 3.87. The number of aromatic nitrogens is 1. The number of anilines is 1. The largest absolute Gasteiger partial charge is 0.309 e. The van der Waals surface area contributed by atoms with Crippen LogP contribution in [0.3, 0.4) is 0 Å². The SMILES string of the molecule is N#Cc1ccc(CC(=O)Nc2ncccc2Br)cc1. The highest BCUT2D eigenvalue weighted by Gasteiger charge is 2.07. The van der Waals surface area contributed by atoms with E-state index >= 15 is 0 Å². The summed E-state index contributed by atoms with van der Waals surface area (Å²) in [4.78, 5) is 15.9. The first-order valence-electron chi connectivity index (χ1n) is 5.58. The zero-order valence-electron chi connectivity index (χ0n) is 9.93. The second kappa shape index (κ2) is 6.12. The van der Waals surface area contributed by atoms with Gasteiger partial charge in [-0.2, -0.15) is 5.26 Å². The van der Waals surface area contributed by atoms with Crippen LogP contribution in [0.25, 0.3) is 0 Å². The first kappa shape index (κ1) is 13.2. The number of nitrogens with one attached hydrogen (secondary N) is 1. The van der Waals surface area contributed by atoms with E-state index in [0.717, 1.165) is 10.0 Å². The highest BCUT2D eigenvalue weighted by Crippen LogP contribution is 2.18. The van der Waals surface area contributed by atoms with E-state index < -0.39 is 0 Å². The maximum Gasteiger partial charge on any atom is 0.229 e. The number of nitriles is 1. The highest BCUT2D eigenvalue weighted by atomic mass is 79.9. The normalized spacial score (nSPS) is 9.68. The molecule has 0 saturated heterocycles. The van der Waals surface area contributed by atoms with Gasteiger partial charge in [0, 0.05) is 6.20 Å². The molecule has 2 rings (SSSR count). The van der Waals surface area contributed by atoms with Crippen molar-refractivity contribution >= 4 is 27.7 Å². The van der Waals surface area contributed by atoms with Crippen LogP contribution >= 0.6 is 15.9 Å². The lowest BCUT2D eigenvalue weighted by Gasteiger charge is -2.06. The summed E-state index contributed by atoms with van der Waals surface area (Å²) in [6.45, 7) is 0. The van der Waals surface area contributed by atoms with E-state index in [0.29, 0.717) is 11.4 Å². The second-order valence-corrected chi connectivity index (χ2v) is 4.72. The lowest BCUT2D eigenvalue weighted by Crippen LogP contribution is -2.15. The Morgan fingerprint density at radius 1 is 1.32 bits per heavy atom.